The summed E-state index contributed by atoms with van der Waals surface area (Å²) in [4.78, 5) is 14.2. The van der Waals surface area contributed by atoms with E-state index in [1.807, 2.05) is 36.4 Å². The number of amides is 1. The maximum Gasteiger partial charge on any atom is 0.256 e. The Morgan fingerprint density at radius 2 is 1.93 bits per heavy atom. The first-order valence-electron chi connectivity index (χ1n) is 9.58. The number of carbonyl (C=O) groups is 1. The van der Waals surface area contributed by atoms with E-state index in [-0.39, 0.29) is 30.4 Å². The smallest absolute Gasteiger partial charge is 0.256 e. The monoisotopic (exact) mass is 533 g/mol. The number of likely N-dealkylation sites (tertiary alicyclic amines) is 1. The van der Waals surface area contributed by atoms with Gasteiger partial charge in [0, 0.05) is 16.2 Å². The zero-order valence-corrected chi connectivity index (χ0v) is 18.8. The normalized spacial score (nSPS) is 16.2. The zero-order valence-electron chi connectivity index (χ0n) is 16.6. The van der Waals surface area contributed by atoms with E-state index >= 15 is 0 Å². The molecule has 1 fully saturated rings. The number of carbonyl (C=O) groups excluding carboxylic acids is 1. The number of rotatable bonds is 7. The molecule has 0 spiro atoms. The van der Waals surface area contributed by atoms with Crippen LogP contribution in [0.15, 0.2) is 30.3 Å². The van der Waals surface area contributed by atoms with Gasteiger partial charge in [0.25, 0.3) is 5.91 Å². The van der Waals surface area contributed by atoms with Crippen molar-refractivity contribution in [2.24, 2.45) is 0 Å². The minimum atomic E-state index is -1.27. The molecule has 0 aromatic heterocycles. The van der Waals surface area contributed by atoms with E-state index in [0.29, 0.717) is 10.1 Å². The summed E-state index contributed by atoms with van der Waals surface area (Å²) in [5.41, 5.74) is -1.73. The average Bonchev–Trinajstić information content (AvgIpc) is 2.68. The van der Waals surface area contributed by atoms with Gasteiger partial charge in [-0.2, -0.15) is 0 Å². The molecule has 1 aliphatic rings. The first-order valence-corrected chi connectivity index (χ1v) is 10.7. The van der Waals surface area contributed by atoms with Gasteiger partial charge >= 0.3 is 0 Å². The van der Waals surface area contributed by atoms with Crippen molar-refractivity contribution in [3.63, 3.8) is 0 Å². The molecule has 3 rings (SSSR count). The lowest BCUT2D eigenvalue weighted by Gasteiger charge is -2.47. The van der Waals surface area contributed by atoms with Gasteiger partial charge in [-0.3, -0.25) is 4.79 Å². The molecule has 9 heteroatoms. The number of nitrogens with one attached hydrogen (secondary N) is 2. The summed E-state index contributed by atoms with van der Waals surface area (Å²) in [5.74, 6) is -3.65. The van der Waals surface area contributed by atoms with Gasteiger partial charge in [-0.05, 0) is 66.3 Å². The molecule has 2 aromatic carbocycles. The van der Waals surface area contributed by atoms with Gasteiger partial charge in [0.05, 0.1) is 30.0 Å². The Kier molecular flexibility index (Phi) is 6.93. The molecule has 1 unspecified atom stereocenters. The summed E-state index contributed by atoms with van der Waals surface area (Å²) >= 11 is 1.93. The molecule has 1 atom stereocenters. The number of aliphatic hydroxyl groups is 1. The van der Waals surface area contributed by atoms with Crippen molar-refractivity contribution in [1.29, 1.82) is 0 Å². The molecule has 1 amide bonds. The lowest BCUT2D eigenvalue weighted by atomic mass is 9.92. The van der Waals surface area contributed by atoms with Crippen LogP contribution in [0.5, 0.6) is 0 Å². The Morgan fingerprint density at radius 1 is 1.23 bits per heavy atom. The van der Waals surface area contributed by atoms with Gasteiger partial charge in [0.2, 0.25) is 0 Å². The number of hydrogen-bond donors (Lipinski definition) is 3. The van der Waals surface area contributed by atoms with E-state index in [1.54, 1.807) is 6.07 Å². The van der Waals surface area contributed by atoms with E-state index in [9.17, 15) is 23.1 Å². The molecule has 0 saturated carbocycles. The summed E-state index contributed by atoms with van der Waals surface area (Å²) in [6.07, 6.45) is 0.901. The maximum atomic E-state index is 14.5. The zero-order chi connectivity index (χ0) is 22.1. The predicted molar refractivity (Wildman–Crippen MR) is 117 cm³/mol. The standard InChI is InChI=1S/C21H23F3IN3O2/c1-3-12(2)26-9-21(30)10-28(11-21)20(29)14-5-6-15(22)18(24)19(14)27-17-7-4-13(25)8-16(17)23/h4-8,12,26-27,30H,3,9-11H2,1-2H3. The molecule has 0 radical (unpaired) electrons. The molecular formula is C21H23F3IN3O2. The highest BCUT2D eigenvalue weighted by Gasteiger charge is 2.44. The summed E-state index contributed by atoms with van der Waals surface area (Å²) in [6.45, 7) is 4.46. The molecule has 30 heavy (non-hydrogen) atoms. The van der Waals surface area contributed by atoms with Gasteiger partial charge in [-0.1, -0.05) is 6.92 Å². The van der Waals surface area contributed by atoms with Crippen LogP contribution in [0.4, 0.5) is 24.5 Å². The fourth-order valence-electron chi connectivity index (χ4n) is 3.18. The SMILES string of the molecule is CCC(C)NCC1(O)CN(C(=O)c2ccc(F)c(F)c2Nc2ccc(I)cc2F)C1. The van der Waals surface area contributed by atoms with E-state index < -0.39 is 34.6 Å². The van der Waals surface area contributed by atoms with E-state index in [2.05, 4.69) is 10.6 Å². The van der Waals surface area contributed by atoms with Gasteiger partial charge in [0.1, 0.15) is 11.4 Å². The first kappa shape index (κ1) is 22.8. The minimum Gasteiger partial charge on any atom is -0.385 e. The molecule has 2 aromatic rings. The van der Waals surface area contributed by atoms with Gasteiger partial charge in [-0.25, -0.2) is 13.2 Å². The number of nitrogens with zero attached hydrogens (tertiary/aromatic N) is 1. The number of anilines is 2. The predicted octanol–water partition coefficient (Wildman–Crippen LogP) is 4.03. The summed E-state index contributed by atoms with van der Waals surface area (Å²) in [5, 5.41) is 16.2. The molecule has 1 saturated heterocycles. The number of halogens is 4. The van der Waals surface area contributed by atoms with Crippen LogP contribution >= 0.6 is 22.6 Å². The third kappa shape index (κ3) is 4.89. The Morgan fingerprint density at radius 3 is 2.57 bits per heavy atom. The highest BCUT2D eigenvalue weighted by Crippen LogP contribution is 2.31. The Labute approximate surface area is 186 Å². The topological polar surface area (TPSA) is 64.6 Å². The number of β-amino-alcohol motifs (C(OH)–C–C–N with tert-alkyl or cyclic N) is 1. The van der Waals surface area contributed by atoms with Gasteiger partial charge in [0.15, 0.2) is 11.6 Å². The Balaban J connectivity index is 1.79. The molecule has 1 aliphatic heterocycles. The van der Waals surface area contributed by atoms with E-state index in [0.717, 1.165) is 18.6 Å². The molecule has 1 heterocycles. The summed E-state index contributed by atoms with van der Waals surface area (Å²) < 4.78 is 43.2. The fraction of sp³-hybridized carbons (Fsp3) is 0.381. The van der Waals surface area contributed by atoms with Crippen molar-refractivity contribution in [2.75, 3.05) is 25.0 Å². The summed E-state index contributed by atoms with van der Waals surface area (Å²) in [6, 6.07) is 6.46. The van der Waals surface area contributed by atoms with Crippen LogP contribution in [-0.2, 0) is 0 Å². The lowest BCUT2D eigenvalue weighted by molar-refractivity contribution is -0.0796. The Hall–Kier alpha value is -1.85. The van der Waals surface area contributed by atoms with Crippen LogP contribution in [-0.4, -0.2) is 47.2 Å². The van der Waals surface area contributed by atoms with Gasteiger partial charge < -0.3 is 20.6 Å². The van der Waals surface area contributed by atoms with Crippen molar-refractivity contribution in [1.82, 2.24) is 10.2 Å². The highest BCUT2D eigenvalue weighted by atomic mass is 127. The second-order valence-corrected chi connectivity index (χ2v) is 8.85. The van der Waals surface area contributed by atoms with Crippen LogP contribution in [0.25, 0.3) is 0 Å². The molecular weight excluding hydrogens is 510 g/mol. The molecule has 162 valence electrons. The van der Waals surface area contributed by atoms with Crippen LogP contribution in [0.3, 0.4) is 0 Å². The quantitative estimate of drug-likeness (QED) is 0.471. The largest absolute Gasteiger partial charge is 0.385 e. The van der Waals surface area contributed by atoms with Crippen LogP contribution in [0, 0.1) is 21.0 Å². The van der Waals surface area contributed by atoms with Crippen LogP contribution < -0.4 is 10.6 Å². The average molecular weight is 533 g/mol. The van der Waals surface area contributed by atoms with Crippen molar-refractivity contribution in [3.8, 4) is 0 Å². The molecule has 3 N–H and O–H groups in total. The molecule has 0 aliphatic carbocycles. The van der Waals surface area contributed by atoms with Crippen LogP contribution in [0.1, 0.15) is 30.6 Å². The first-order chi connectivity index (χ1) is 14.1. The molecule has 0 bridgehead atoms. The van der Waals surface area contributed by atoms with E-state index in [4.69, 9.17) is 0 Å². The second-order valence-electron chi connectivity index (χ2n) is 7.61. The van der Waals surface area contributed by atoms with E-state index in [1.165, 1.54) is 17.0 Å². The second kappa shape index (κ2) is 9.11. The molecule has 5 nitrogen and oxygen atoms in total. The maximum absolute atomic E-state index is 14.5. The van der Waals surface area contributed by atoms with Crippen molar-refractivity contribution >= 4 is 39.9 Å². The Bertz CT molecular complexity index is 951. The van der Waals surface area contributed by atoms with Crippen molar-refractivity contribution in [3.05, 3.63) is 56.9 Å². The van der Waals surface area contributed by atoms with Crippen LogP contribution in [0.2, 0.25) is 0 Å². The fourth-order valence-corrected chi connectivity index (χ4v) is 3.63. The highest BCUT2D eigenvalue weighted by molar-refractivity contribution is 14.1. The lowest BCUT2D eigenvalue weighted by Crippen LogP contribution is -2.67. The van der Waals surface area contributed by atoms with Crippen molar-refractivity contribution in [2.45, 2.75) is 31.9 Å². The third-order valence-corrected chi connectivity index (χ3v) is 5.84. The summed E-state index contributed by atoms with van der Waals surface area (Å²) in [7, 11) is 0. The van der Waals surface area contributed by atoms with Crippen molar-refractivity contribution < 1.29 is 23.1 Å². The number of benzene rings is 2. The number of hydrogen-bond acceptors (Lipinski definition) is 4. The minimum absolute atomic E-state index is 0.0611. The third-order valence-electron chi connectivity index (χ3n) is 5.17. The van der Waals surface area contributed by atoms with Gasteiger partial charge in [-0.15, -0.1) is 0 Å².